The number of carbonyl (C=O) groups excluding carboxylic acids is 1. The van der Waals surface area contributed by atoms with E-state index in [4.69, 9.17) is 4.74 Å². The number of aromatic nitrogens is 3. The van der Waals surface area contributed by atoms with Gasteiger partial charge in [-0.25, -0.2) is 15.0 Å². The Hall–Kier alpha value is -3.72. The number of amides is 1. The van der Waals surface area contributed by atoms with E-state index in [0.717, 1.165) is 36.7 Å². The van der Waals surface area contributed by atoms with Gasteiger partial charge >= 0.3 is 0 Å². The van der Waals surface area contributed by atoms with Crippen LogP contribution in [-0.4, -0.2) is 47.0 Å². The number of rotatable bonds is 5. The number of carbonyl (C=O) groups is 1. The summed E-state index contributed by atoms with van der Waals surface area (Å²) in [6, 6.07) is 18.0. The standard InChI is InChI=1S/C23H22N6O2S/c1-16(30)26-23-27-22-18(8-5-9-19(22)32-23)31-21-14-20(24-15-25-21)29-12-10-28(11-13-29)17-6-3-2-4-7-17/h2-9,14-15H,10-13H2,1H3,(H,26,27,30). The van der Waals surface area contributed by atoms with E-state index in [2.05, 4.69) is 54.3 Å². The van der Waals surface area contributed by atoms with Gasteiger partial charge in [-0.3, -0.25) is 4.79 Å². The van der Waals surface area contributed by atoms with Crippen molar-refractivity contribution in [3.8, 4) is 11.6 Å². The Morgan fingerprint density at radius 1 is 1.00 bits per heavy atom. The fourth-order valence-electron chi connectivity index (χ4n) is 3.71. The molecule has 2 aromatic carbocycles. The molecule has 4 aromatic rings. The SMILES string of the molecule is CC(=O)Nc1nc2c(Oc3cc(N4CCN(c5ccccc5)CC4)ncn3)cccc2s1. The van der Waals surface area contributed by atoms with Crippen LogP contribution < -0.4 is 19.9 Å². The predicted octanol–water partition coefficient (Wildman–Crippen LogP) is 4.16. The minimum Gasteiger partial charge on any atom is -0.437 e. The first-order valence-corrected chi connectivity index (χ1v) is 11.2. The van der Waals surface area contributed by atoms with Crippen LogP contribution in [-0.2, 0) is 4.79 Å². The van der Waals surface area contributed by atoms with Gasteiger partial charge in [0, 0.05) is 44.9 Å². The smallest absolute Gasteiger partial charge is 0.224 e. The van der Waals surface area contributed by atoms with Crippen molar-refractivity contribution in [2.75, 3.05) is 41.3 Å². The highest BCUT2D eigenvalue weighted by molar-refractivity contribution is 7.22. The van der Waals surface area contributed by atoms with Crippen LogP contribution in [0.25, 0.3) is 10.2 Å². The van der Waals surface area contributed by atoms with Crippen LogP contribution in [0.4, 0.5) is 16.6 Å². The summed E-state index contributed by atoms with van der Waals surface area (Å²) in [4.78, 5) is 29.2. The number of benzene rings is 2. The number of nitrogens with zero attached hydrogens (tertiary/aromatic N) is 5. The summed E-state index contributed by atoms with van der Waals surface area (Å²) >= 11 is 1.41. The first kappa shape index (κ1) is 20.2. The molecule has 0 spiro atoms. The lowest BCUT2D eigenvalue weighted by Gasteiger charge is -2.36. The molecule has 1 amide bonds. The zero-order valence-corrected chi connectivity index (χ0v) is 18.4. The number of piperazine rings is 1. The maximum absolute atomic E-state index is 11.4. The molecule has 3 heterocycles. The third kappa shape index (κ3) is 4.33. The molecule has 1 aliphatic heterocycles. The molecule has 1 N–H and O–H groups in total. The van der Waals surface area contributed by atoms with Crippen molar-refractivity contribution in [1.29, 1.82) is 0 Å². The lowest BCUT2D eigenvalue weighted by Crippen LogP contribution is -2.46. The topological polar surface area (TPSA) is 83.5 Å². The maximum Gasteiger partial charge on any atom is 0.224 e. The fraction of sp³-hybridized carbons (Fsp3) is 0.217. The second-order valence-electron chi connectivity index (χ2n) is 7.43. The van der Waals surface area contributed by atoms with E-state index in [0.29, 0.717) is 22.3 Å². The van der Waals surface area contributed by atoms with E-state index in [1.807, 2.05) is 30.3 Å². The lowest BCUT2D eigenvalue weighted by atomic mass is 10.2. The molecule has 2 aromatic heterocycles. The highest BCUT2D eigenvalue weighted by Crippen LogP contribution is 2.34. The van der Waals surface area contributed by atoms with E-state index in [-0.39, 0.29) is 5.91 Å². The Balaban J connectivity index is 1.31. The molecule has 5 rings (SSSR count). The Kier molecular flexibility index (Phi) is 5.55. The molecule has 0 aliphatic carbocycles. The fourth-order valence-corrected chi connectivity index (χ4v) is 4.64. The van der Waals surface area contributed by atoms with Crippen molar-refractivity contribution >= 4 is 44.1 Å². The number of anilines is 3. The lowest BCUT2D eigenvalue weighted by molar-refractivity contribution is -0.114. The molecule has 0 atom stereocenters. The van der Waals surface area contributed by atoms with Gasteiger partial charge < -0.3 is 19.9 Å². The summed E-state index contributed by atoms with van der Waals surface area (Å²) in [5, 5.41) is 3.27. The zero-order chi connectivity index (χ0) is 21.9. The minimum absolute atomic E-state index is 0.153. The van der Waals surface area contributed by atoms with Crippen LogP contribution in [0.5, 0.6) is 11.6 Å². The zero-order valence-electron chi connectivity index (χ0n) is 17.6. The van der Waals surface area contributed by atoms with Crippen LogP contribution in [0.15, 0.2) is 60.9 Å². The molecule has 1 saturated heterocycles. The summed E-state index contributed by atoms with van der Waals surface area (Å²) in [6.45, 7) is 5.05. The molecule has 9 heteroatoms. The van der Waals surface area contributed by atoms with Gasteiger partial charge in [-0.05, 0) is 24.3 Å². The van der Waals surface area contributed by atoms with Crippen LogP contribution in [0, 0.1) is 0 Å². The second-order valence-corrected chi connectivity index (χ2v) is 8.46. The molecule has 1 aliphatic rings. The molecular weight excluding hydrogens is 424 g/mol. The average Bonchev–Trinajstić information content (AvgIpc) is 3.23. The van der Waals surface area contributed by atoms with E-state index in [9.17, 15) is 4.79 Å². The molecule has 0 saturated carbocycles. The molecular formula is C23H22N6O2S. The Morgan fingerprint density at radius 2 is 1.78 bits per heavy atom. The van der Waals surface area contributed by atoms with E-state index < -0.39 is 0 Å². The van der Waals surface area contributed by atoms with Crippen molar-refractivity contribution in [3.05, 3.63) is 60.9 Å². The number of ether oxygens (including phenoxy) is 1. The Bertz CT molecular complexity index is 1240. The molecule has 0 radical (unpaired) electrons. The van der Waals surface area contributed by atoms with Crippen molar-refractivity contribution in [1.82, 2.24) is 15.0 Å². The van der Waals surface area contributed by atoms with Crippen LogP contribution in [0.2, 0.25) is 0 Å². The predicted molar refractivity (Wildman–Crippen MR) is 127 cm³/mol. The minimum atomic E-state index is -0.153. The van der Waals surface area contributed by atoms with E-state index >= 15 is 0 Å². The summed E-state index contributed by atoms with van der Waals surface area (Å²) in [5.41, 5.74) is 1.94. The molecule has 162 valence electrons. The van der Waals surface area contributed by atoms with Crippen molar-refractivity contribution in [2.45, 2.75) is 6.92 Å². The van der Waals surface area contributed by atoms with Crippen LogP contribution in [0.3, 0.4) is 0 Å². The number of nitrogens with one attached hydrogen (secondary N) is 1. The largest absolute Gasteiger partial charge is 0.437 e. The normalized spacial score (nSPS) is 13.9. The second kappa shape index (κ2) is 8.80. The Labute approximate surface area is 189 Å². The van der Waals surface area contributed by atoms with Crippen LogP contribution in [0.1, 0.15) is 6.92 Å². The number of fused-ring (bicyclic) bond motifs is 1. The highest BCUT2D eigenvalue weighted by atomic mass is 32.1. The summed E-state index contributed by atoms with van der Waals surface area (Å²) in [5.74, 6) is 1.74. The number of hydrogen-bond acceptors (Lipinski definition) is 8. The first-order chi connectivity index (χ1) is 15.7. The third-order valence-corrected chi connectivity index (χ3v) is 6.17. The van der Waals surface area contributed by atoms with Crippen LogP contribution >= 0.6 is 11.3 Å². The maximum atomic E-state index is 11.4. The monoisotopic (exact) mass is 446 g/mol. The van der Waals surface area contributed by atoms with Gasteiger partial charge in [0.2, 0.25) is 11.8 Å². The average molecular weight is 447 g/mol. The Morgan fingerprint density at radius 3 is 2.56 bits per heavy atom. The van der Waals surface area contributed by atoms with Gasteiger partial charge in [0.25, 0.3) is 0 Å². The number of para-hydroxylation sites is 2. The van der Waals surface area contributed by atoms with Gasteiger partial charge in [-0.2, -0.15) is 0 Å². The summed E-state index contributed by atoms with van der Waals surface area (Å²) in [7, 11) is 0. The van der Waals surface area contributed by atoms with Crippen molar-refractivity contribution in [3.63, 3.8) is 0 Å². The van der Waals surface area contributed by atoms with Gasteiger partial charge in [-0.15, -0.1) is 0 Å². The quantitative estimate of drug-likeness (QED) is 0.493. The highest BCUT2D eigenvalue weighted by Gasteiger charge is 2.19. The van der Waals surface area contributed by atoms with Gasteiger partial charge in [-0.1, -0.05) is 35.6 Å². The van der Waals surface area contributed by atoms with E-state index in [1.54, 1.807) is 0 Å². The van der Waals surface area contributed by atoms with Gasteiger partial charge in [0.1, 0.15) is 17.7 Å². The van der Waals surface area contributed by atoms with Crippen molar-refractivity contribution in [2.24, 2.45) is 0 Å². The van der Waals surface area contributed by atoms with Gasteiger partial charge in [0.15, 0.2) is 10.9 Å². The number of hydrogen-bond donors (Lipinski definition) is 1. The number of thiazole rings is 1. The molecule has 0 unspecified atom stereocenters. The molecule has 1 fully saturated rings. The molecule has 8 nitrogen and oxygen atoms in total. The summed E-state index contributed by atoms with van der Waals surface area (Å²) < 4.78 is 7.00. The van der Waals surface area contributed by atoms with Gasteiger partial charge in [0.05, 0.1) is 4.70 Å². The molecule has 32 heavy (non-hydrogen) atoms. The molecule has 0 bridgehead atoms. The first-order valence-electron chi connectivity index (χ1n) is 10.4. The van der Waals surface area contributed by atoms with Crippen molar-refractivity contribution < 1.29 is 9.53 Å². The summed E-state index contributed by atoms with van der Waals surface area (Å²) in [6.07, 6.45) is 1.53. The van der Waals surface area contributed by atoms with E-state index in [1.165, 1.54) is 30.3 Å². The third-order valence-electron chi connectivity index (χ3n) is 5.23.